The van der Waals surface area contributed by atoms with Crippen molar-refractivity contribution in [1.29, 1.82) is 0 Å². The third kappa shape index (κ3) is 2.64. The average molecular weight is 235 g/mol. The first-order valence-corrected chi connectivity index (χ1v) is 6.00. The van der Waals surface area contributed by atoms with Crippen molar-refractivity contribution in [1.82, 2.24) is 5.32 Å². The fourth-order valence-electron chi connectivity index (χ4n) is 2.20. The third-order valence-electron chi connectivity index (χ3n) is 3.23. The van der Waals surface area contributed by atoms with Crippen LogP contribution in [0.5, 0.6) is 0 Å². The number of allylic oxidation sites excluding steroid dienone is 2. The molecule has 92 valence electrons. The lowest BCUT2D eigenvalue weighted by molar-refractivity contribution is -0.145. The predicted molar refractivity (Wildman–Crippen MR) is 63.3 cm³/mol. The van der Waals surface area contributed by atoms with Crippen molar-refractivity contribution in [3.63, 3.8) is 0 Å². The summed E-state index contributed by atoms with van der Waals surface area (Å²) in [7, 11) is 0. The maximum atomic E-state index is 11.8. The molecule has 4 atom stereocenters. The van der Waals surface area contributed by atoms with Gasteiger partial charge in [-0.15, -0.1) is 0 Å². The molecule has 4 nitrogen and oxygen atoms in total. The van der Waals surface area contributed by atoms with Gasteiger partial charge in [0.05, 0.1) is 6.04 Å². The largest absolute Gasteiger partial charge is 0.358 e. The number of hydrogen-bond acceptors (Lipinski definition) is 3. The van der Waals surface area contributed by atoms with Gasteiger partial charge in [-0.2, -0.15) is 0 Å². The molecule has 1 saturated heterocycles. The lowest BCUT2D eigenvalue weighted by Gasteiger charge is -2.35. The number of carbonyl (C=O) groups is 2. The Morgan fingerprint density at radius 3 is 3.00 bits per heavy atom. The van der Waals surface area contributed by atoms with Crippen molar-refractivity contribution < 1.29 is 14.3 Å². The van der Waals surface area contributed by atoms with E-state index in [4.69, 9.17) is 4.74 Å². The van der Waals surface area contributed by atoms with Crippen LogP contribution in [0.15, 0.2) is 24.3 Å². The second kappa shape index (κ2) is 5.27. The molecule has 0 aromatic heterocycles. The molecular weight excluding hydrogens is 218 g/mol. The minimum absolute atomic E-state index is 0.0728. The summed E-state index contributed by atoms with van der Waals surface area (Å²) in [5, 5.41) is 2.90. The SMILES string of the molecule is CCC(C=O)OC1CC2C=CC=CC2NC1=O. The highest BCUT2D eigenvalue weighted by Crippen LogP contribution is 2.25. The molecule has 4 unspecified atom stereocenters. The summed E-state index contributed by atoms with van der Waals surface area (Å²) in [4.78, 5) is 22.5. The van der Waals surface area contributed by atoms with Gasteiger partial charge in [-0.3, -0.25) is 4.79 Å². The number of ether oxygens (including phenoxy) is 1. The molecule has 1 aliphatic carbocycles. The Morgan fingerprint density at radius 2 is 2.29 bits per heavy atom. The highest BCUT2D eigenvalue weighted by atomic mass is 16.5. The van der Waals surface area contributed by atoms with Crippen LogP contribution >= 0.6 is 0 Å². The van der Waals surface area contributed by atoms with Crippen LogP contribution in [0.25, 0.3) is 0 Å². The minimum atomic E-state index is -0.512. The summed E-state index contributed by atoms with van der Waals surface area (Å²) < 4.78 is 5.51. The van der Waals surface area contributed by atoms with E-state index < -0.39 is 12.2 Å². The van der Waals surface area contributed by atoms with E-state index in [1.807, 2.05) is 25.2 Å². The molecule has 1 N–H and O–H groups in total. The van der Waals surface area contributed by atoms with Crippen LogP contribution in [0.4, 0.5) is 0 Å². The molecule has 1 aliphatic heterocycles. The van der Waals surface area contributed by atoms with Gasteiger partial charge in [-0.25, -0.2) is 0 Å². The zero-order chi connectivity index (χ0) is 12.3. The van der Waals surface area contributed by atoms with Crippen molar-refractivity contribution in [2.24, 2.45) is 5.92 Å². The summed E-state index contributed by atoms with van der Waals surface area (Å²) in [6.45, 7) is 1.87. The highest BCUT2D eigenvalue weighted by Gasteiger charge is 2.35. The van der Waals surface area contributed by atoms with Gasteiger partial charge in [0.25, 0.3) is 0 Å². The fraction of sp³-hybridized carbons (Fsp3) is 0.538. The maximum absolute atomic E-state index is 11.8. The zero-order valence-corrected chi connectivity index (χ0v) is 9.84. The monoisotopic (exact) mass is 235 g/mol. The molecule has 1 fully saturated rings. The topological polar surface area (TPSA) is 55.4 Å². The van der Waals surface area contributed by atoms with Crippen molar-refractivity contribution in [3.8, 4) is 0 Å². The third-order valence-corrected chi connectivity index (χ3v) is 3.23. The number of aldehydes is 1. The van der Waals surface area contributed by atoms with Crippen LogP contribution in [0.1, 0.15) is 19.8 Å². The summed E-state index contributed by atoms with van der Waals surface area (Å²) >= 11 is 0. The van der Waals surface area contributed by atoms with Crippen LogP contribution in [0.3, 0.4) is 0 Å². The van der Waals surface area contributed by atoms with E-state index >= 15 is 0 Å². The van der Waals surface area contributed by atoms with Gasteiger partial charge in [0.2, 0.25) is 5.91 Å². The molecule has 1 amide bonds. The number of nitrogens with one attached hydrogen (secondary N) is 1. The van der Waals surface area contributed by atoms with Crippen LogP contribution in [0, 0.1) is 5.92 Å². The van der Waals surface area contributed by atoms with E-state index in [2.05, 4.69) is 11.4 Å². The van der Waals surface area contributed by atoms with Gasteiger partial charge in [0.1, 0.15) is 18.5 Å². The normalized spacial score (nSPS) is 32.8. The Hall–Kier alpha value is -1.42. The van der Waals surface area contributed by atoms with Crippen molar-refractivity contribution in [2.45, 2.75) is 38.0 Å². The summed E-state index contributed by atoms with van der Waals surface area (Å²) in [5.74, 6) is 0.151. The van der Waals surface area contributed by atoms with Crippen molar-refractivity contribution in [2.75, 3.05) is 0 Å². The van der Waals surface area contributed by atoms with Gasteiger partial charge in [0.15, 0.2) is 0 Å². The number of hydrogen-bond donors (Lipinski definition) is 1. The molecule has 2 aliphatic rings. The lowest BCUT2D eigenvalue weighted by Crippen LogP contribution is -2.52. The highest BCUT2D eigenvalue weighted by molar-refractivity contribution is 5.82. The number of fused-ring (bicyclic) bond motifs is 1. The van der Waals surface area contributed by atoms with Crippen LogP contribution < -0.4 is 5.32 Å². The van der Waals surface area contributed by atoms with Gasteiger partial charge in [0, 0.05) is 5.92 Å². The summed E-state index contributed by atoms with van der Waals surface area (Å²) in [6.07, 6.45) is 8.97. The number of carbonyl (C=O) groups excluding carboxylic acids is 2. The first kappa shape index (κ1) is 12.0. The second-order valence-electron chi connectivity index (χ2n) is 4.41. The Labute approximate surface area is 101 Å². The fourth-order valence-corrected chi connectivity index (χ4v) is 2.20. The number of piperidine rings is 1. The van der Waals surface area contributed by atoms with Gasteiger partial charge in [-0.1, -0.05) is 31.2 Å². The molecule has 17 heavy (non-hydrogen) atoms. The van der Waals surface area contributed by atoms with E-state index in [1.54, 1.807) is 0 Å². The van der Waals surface area contributed by atoms with Crippen LogP contribution in [-0.2, 0) is 14.3 Å². The Morgan fingerprint density at radius 1 is 1.53 bits per heavy atom. The zero-order valence-electron chi connectivity index (χ0n) is 9.84. The quantitative estimate of drug-likeness (QED) is 0.739. The first-order chi connectivity index (χ1) is 8.24. The summed E-state index contributed by atoms with van der Waals surface area (Å²) in [5.41, 5.74) is 0. The van der Waals surface area contributed by atoms with Crippen LogP contribution in [-0.4, -0.2) is 30.4 Å². The van der Waals surface area contributed by atoms with E-state index in [9.17, 15) is 9.59 Å². The predicted octanol–water partition coefficient (Wildman–Crippen LogP) is 0.980. The number of amides is 1. The second-order valence-corrected chi connectivity index (χ2v) is 4.41. The molecule has 1 heterocycles. The molecule has 0 aromatic carbocycles. The first-order valence-electron chi connectivity index (χ1n) is 6.00. The van der Waals surface area contributed by atoms with E-state index in [1.165, 1.54) is 0 Å². The van der Waals surface area contributed by atoms with Crippen LogP contribution in [0.2, 0.25) is 0 Å². The van der Waals surface area contributed by atoms with Crippen molar-refractivity contribution in [3.05, 3.63) is 24.3 Å². The molecule has 2 rings (SSSR count). The molecule has 0 spiro atoms. The van der Waals surface area contributed by atoms with Gasteiger partial charge < -0.3 is 14.8 Å². The van der Waals surface area contributed by atoms with E-state index in [-0.39, 0.29) is 17.9 Å². The maximum Gasteiger partial charge on any atom is 0.249 e. The molecule has 0 aromatic rings. The van der Waals surface area contributed by atoms with Crippen molar-refractivity contribution >= 4 is 12.2 Å². The summed E-state index contributed by atoms with van der Waals surface area (Å²) in [6, 6.07) is 0.0728. The molecule has 0 saturated carbocycles. The Balaban J connectivity index is 2.00. The molecule has 4 heteroatoms. The standard InChI is InChI=1S/C13H17NO3/c1-2-10(8-15)17-12-7-9-5-3-4-6-11(9)14-13(12)16/h3-6,8-12H,2,7H2,1H3,(H,14,16). The molecular formula is C13H17NO3. The van der Waals surface area contributed by atoms with E-state index in [0.717, 1.165) is 6.29 Å². The van der Waals surface area contributed by atoms with Gasteiger partial charge >= 0.3 is 0 Å². The Kier molecular flexibility index (Phi) is 3.74. The lowest BCUT2D eigenvalue weighted by atomic mass is 9.86. The van der Waals surface area contributed by atoms with E-state index in [0.29, 0.717) is 12.8 Å². The van der Waals surface area contributed by atoms with Gasteiger partial charge in [-0.05, 0) is 12.8 Å². The average Bonchev–Trinajstić information content (AvgIpc) is 2.36. The smallest absolute Gasteiger partial charge is 0.249 e. The molecule has 0 radical (unpaired) electrons. The molecule has 0 bridgehead atoms. The Bertz CT molecular complexity index is 362. The minimum Gasteiger partial charge on any atom is -0.358 e. The number of rotatable bonds is 4.